The Labute approximate surface area is 161 Å². The number of nitrogens with zero attached hydrogens (tertiary/aromatic N) is 1. The minimum absolute atomic E-state index is 0.00872. The van der Waals surface area contributed by atoms with Gasteiger partial charge in [-0.25, -0.2) is 9.59 Å². The topological polar surface area (TPSA) is 137 Å². The number of nitrogens with one attached hydrogen (secondary N) is 2. The zero-order valence-corrected chi connectivity index (χ0v) is 15.7. The van der Waals surface area contributed by atoms with Crippen LogP contribution in [0.4, 0.5) is 10.5 Å². The van der Waals surface area contributed by atoms with Crippen LogP contribution in [0.25, 0.3) is 0 Å². The van der Waals surface area contributed by atoms with Gasteiger partial charge >= 0.3 is 17.7 Å². The molecule has 1 aliphatic rings. The van der Waals surface area contributed by atoms with E-state index < -0.39 is 35.1 Å². The molecular weight excluding hydrogens is 370 g/mol. The van der Waals surface area contributed by atoms with Crippen molar-refractivity contribution in [2.45, 2.75) is 38.6 Å². The number of methoxy groups -OCH3 is 1. The Bertz CT molecular complexity index is 766. The van der Waals surface area contributed by atoms with Gasteiger partial charge in [-0.15, -0.1) is 0 Å². The first-order chi connectivity index (χ1) is 13.3. The molecule has 0 radical (unpaired) electrons. The van der Waals surface area contributed by atoms with E-state index in [-0.39, 0.29) is 17.4 Å². The number of carbonyl (C=O) groups is 3. The second-order valence-electron chi connectivity index (χ2n) is 6.61. The summed E-state index contributed by atoms with van der Waals surface area (Å²) in [6, 6.07) is 2.86. The Morgan fingerprint density at radius 2 is 1.96 bits per heavy atom. The first-order valence-corrected chi connectivity index (χ1v) is 8.91. The molecule has 1 aromatic carbocycles. The molecule has 0 saturated heterocycles. The van der Waals surface area contributed by atoms with Crippen LogP contribution in [0.3, 0.4) is 0 Å². The van der Waals surface area contributed by atoms with E-state index in [1.165, 1.54) is 12.1 Å². The van der Waals surface area contributed by atoms with E-state index >= 15 is 0 Å². The van der Waals surface area contributed by atoms with Gasteiger partial charge in [0.2, 0.25) is 0 Å². The third-order valence-electron chi connectivity index (χ3n) is 4.62. The van der Waals surface area contributed by atoms with Crippen molar-refractivity contribution in [1.82, 2.24) is 10.6 Å². The number of ether oxygens (including phenoxy) is 2. The molecule has 0 bridgehead atoms. The number of rotatable bonds is 6. The van der Waals surface area contributed by atoms with Crippen LogP contribution in [0.2, 0.25) is 0 Å². The highest BCUT2D eigenvalue weighted by atomic mass is 16.6. The Morgan fingerprint density at radius 1 is 1.25 bits per heavy atom. The lowest BCUT2D eigenvalue weighted by Gasteiger charge is -2.29. The van der Waals surface area contributed by atoms with E-state index in [1.54, 1.807) is 0 Å². The largest absolute Gasteiger partial charge is 0.477 e. The molecular formula is C18H23N3O7. The van der Waals surface area contributed by atoms with Gasteiger partial charge in [0.05, 0.1) is 17.6 Å². The molecule has 0 unspecified atom stereocenters. The van der Waals surface area contributed by atoms with Gasteiger partial charge < -0.3 is 14.8 Å². The van der Waals surface area contributed by atoms with Gasteiger partial charge in [-0.2, -0.15) is 0 Å². The maximum absolute atomic E-state index is 11.9. The smallest absolute Gasteiger partial charge is 0.338 e. The molecule has 1 aromatic rings. The predicted octanol–water partition coefficient (Wildman–Crippen LogP) is 2.16. The number of carbonyl (C=O) groups excluding carboxylic acids is 3. The maximum Gasteiger partial charge on any atom is 0.338 e. The van der Waals surface area contributed by atoms with Crippen LogP contribution < -0.4 is 15.4 Å². The highest BCUT2D eigenvalue weighted by molar-refractivity contribution is 5.95. The van der Waals surface area contributed by atoms with Gasteiger partial charge in [-0.3, -0.25) is 20.2 Å². The average Bonchev–Trinajstić information content (AvgIpc) is 2.67. The van der Waals surface area contributed by atoms with E-state index in [9.17, 15) is 24.5 Å². The third kappa shape index (κ3) is 5.66. The summed E-state index contributed by atoms with van der Waals surface area (Å²) in [7, 11) is 1.15. The van der Waals surface area contributed by atoms with Crippen LogP contribution in [0.15, 0.2) is 18.2 Å². The molecule has 0 aromatic heterocycles. The summed E-state index contributed by atoms with van der Waals surface area (Å²) in [5, 5.41) is 16.1. The molecule has 10 heteroatoms. The molecule has 152 valence electrons. The molecule has 0 heterocycles. The first kappa shape index (κ1) is 21.1. The number of nitro groups is 1. The number of imide groups is 1. The SMILES string of the molecule is COC(=O)c1ccc(OCC(=O)NC(=O)N[C@H]2CCCC[C@H]2C)c([N+](=O)[O-])c1. The van der Waals surface area contributed by atoms with Crippen LogP contribution in [0, 0.1) is 16.0 Å². The van der Waals surface area contributed by atoms with Crippen molar-refractivity contribution in [3.63, 3.8) is 0 Å². The van der Waals surface area contributed by atoms with Gasteiger partial charge in [-0.05, 0) is 30.9 Å². The van der Waals surface area contributed by atoms with Crippen molar-refractivity contribution in [2.75, 3.05) is 13.7 Å². The molecule has 10 nitrogen and oxygen atoms in total. The van der Waals surface area contributed by atoms with E-state index in [2.05, 4.69) is 15.4 Å². The molecule has 0 spiro atoms. The second-order valence-corrected chi connectivity index (χ2v) is 6.61. The number of nitro benzene ring substituents is 1. The average molecular weight is 393 g/mol. The zero-order chi connectivity index (χ0) is 20.7. The minimum Gasteiger partial charge on any atom is -0.477 e. The van der Waals surface area contributed by atoms with Crippen molar-refractivity contribution in [1.29, 1.82) is 0 Å². The summed E-state index contributed by atoms with van der Waals surface area (Å²) in [5.74, 6) is -1.34. The summed E-state index contributed by atoms with van der Waals surface area (Å²) in [4.78, 5) is 45.8. The summed E-state index contributed by atoms with van der Waals surface area (Å²) < 4.78 is 9.67. The molecule has 28 heavy (non-hydrogen) atoms. The molecule has 1 aliphatic carbocycles. The first-order valence-electron chi connectivity index (χ1n) is 8.91. The standard InChI is InChI=1S/C18H23N3O7/c1-11-5-3-4-6-13(11)19-18(24)20-16(22)10-28-15-8-7-12(17(23)27-2)9-14(15)21(25)26/h7-9,11,13H,3-6,10H2,1-2H3,(H2,19,20,22,24)/t11-,13+/m1/s1. The molecule has 3 amide bonds. The van der Waals surface area contributed by atoms with Gasteiger partial charge in [0.15, 0.2) is 12.4 Å². The van der Waals surface area contributed by atoms with E-state index in [1.807, 2.05) is 6.92 Å². The van der Waals surface area contributed by atoms with Crippen LogP contribution in [-0.4, -0.2) is 42.6 Å². The number of hydrogen-bond acceptors (Lipinski definition) is 7. The highest BCUT2D eigenvalue weighted by Gasteiger charge is 2.24. The molecule has 0 aliphatic heterocycles. The Morgan fingerprint density at radius 3 is 2.61 bits per heavy atom. The Balaban J connectivity index is 1.92. The maximum atomic E-state index is 11.9. The fourth-order valence-electron chi connectivity index (χ4n) is 3.07. The number of hydrogen-bond donors (Lipinski definition) is 2. The molecule has 2 atom stereocenters. The highest BCUT2D eigenvalue weighted by Crippen LogP contribution is 2.28. The lowest BCUT2D eigenvalue weighted by Crippen LogP contribution is -2.48. The van der Waals surface area contributed by atoms with E-state index in [0.717, 1.165) is 38.9 Å². The normalized spacial score (nSPS) is 18.6. The quantitative estimate of drug-likeness (QED) is 0.429. The molecule has 2 N–H and O–H groups in total. The third-order valence-corrected chi connectivity index (χ3v) is 4.62. The van der Waals surface area contributed by atoms with Gasteiger partial charge in [-0.1, -0.05) is 19.8 Å². The lowest BCUT2D eigenvalue weighted by molar-refractivity contribution is -0.385. The Kier molecular flexibility index (Phi) is 7.30. The van der Waals surface area contributed by atoms with Crippen molar-refractivity contribution in [3.8, 4) is 5.75 Å². The summed E-state index contributed by atoms with van der Waals surface area (Å²) in [5.41, 5.74) is -0.511. The fourth-order valence-corrected chi connectivity index (χ4v) is 3.07. The monoisotopic (exact) mass is 393 g/mol. The fraction of sp³-hybridized carbons (Fsp3) is 0.500. The van der Waals surface area contributed by atoms with Gasteiger partial charge in [0.1, 0.15) is 0 Å². The summed E-state index contributed by atoms with van der Waals surface area (Å²) in [6.07, 6.45) is 4.03. The summed E-state index contributed by atoms with van der Waals surface area (Å²) >= 11 is 0. The molecule has 1 saturated carbocycles. The van der Waals surface area contributed by atoms with Crippen molar-refractivity contribution in [2.24, 2.45) is 5.92 Å². The predicted molar refractivity (Wildman–Crippen MR) is 98.0 cm³/mol. The van der Waals surface area contributed by atoms with Crippen LogP contribution in [0.5, 0.6) is 5.75 Å². The second kappa shape index (κ2) is 9.67. The van der Waals surface area contributed by atoms with Crippen molar-refractivity contribution < 1.29 is 28.8 Å². The van der Waals surface area contributed by atoms with E-state index in [0.29, 0.717) is 5.92 Å². The van der Waals surface area contributed by atoms with Crippen LogP contribution in [-0.2, 0) is 9.53 Å². The zero-order valence-electron chi connectivity index (χ0n) is 15.7. The summed E-state index contributed by atoms with van der Waals surface area (Å²) in [6.45, 7) is 1.46. The molecule has 2 rings (SSSR count). The number of esters is 1. The van der Waals surface area contributed by atoms with Crippen LogP contribution in [0.1, 0.15) is 43.0 Å². The van der Waals surface area contributed by atoms with E-state index in [4.69, 9.17) is 4.74 Å². The van der Waals surface area contributed by atoms with Crippen molar-refractivity contribution >= 4 is 23.6 Å². The number of amides is 3. The molecule has 1 fully saturated rings. The Hall–Kier alpha value is -3.17. The van der Waals surface area contributed by atoms with Crippen molar-refractivity contribution in [3.05, 3.63) is 33.9 Å². The van der Waals surface area contributed by atoms with Gasteiger partial charge in [0, 0.05) is 12.1 Å². The van der Waals surface area contributed by atoms with Gasteiger partial charge in [0.25, 0.3) is 5.91 Å². The number of benzene rings is 1. The number of urea groups is 1. The lowest BCUT2D eigenvalue weighted by atomic mass is 9.86. The minimum atomic E-state index is -0.743. The van der Waals surface area contributed by atoms with Crippen LogP contribution >= 0.6 is 0 Å².